The molecule has 0 saturated carbocycles. The SMILES string of the molecule is NC(=O)c1n[nH]cc(-c2ccc(F)cc2)c1=O. The Kier molecular flexibility index (Phi) is 2.70. The number of nitrogens with two attached hydrogens (primary N) is 1. The number of benzene rings is 1. The van der Waals surface area contributed by atoms with Gasteiger partial charge in [-0.15, -0.1) is 0 Å². The number of nitrogens with one attached hydrogen (secondary N) is 1. The summed E-state index contributed by atoms with van der Waals surface area (Å²) in [7, 11) is 0. The van der Waals surface area contributed by atoms with Crippen LogP contribution < -0.4 is 11.2 Å². The number of rotatable bonds is 2. The minimum atomic E-state index is -0.907. The molecule has 0 radical (unpaired) electrons. The molecule has 0 aliphatic heterocycles. The van der Waals surface area contributed by atoms with E-state index in [-0.39, 0.29) is 11.3 Å². The Labute approximate surface area is 95.1 Å². The molecular formula is C11H8FN3O2. The van der Waals surface area contributed by atoms with Crippen LogP contribution in [0, 0.1) is 5.82 Å². The van der Waals surface area contributed by atoms with Crippen molar-refractivity contribution in [3.63, 3.8) is 0 Å². The zero-order valence-corrected chi connectivity index (χ0v) is 8.61. The molecule has 1 aromatic heterocycles. The second-order valence-electron chi connectivity index (χ2n) is 3.35. The van der Waals surface area contributed by atoms with Crippen molar-refractivity contribution in [1.82, 2.24) is 10.2 Å². The monoisotopic (exact) mass is 233 g/mol. The molecule has 0 fully saturated rings. The highest BCUT2D eigenvalue weighted by atomic mass is 19.1. The Morgan fingerprint density at radius 2 is 1.94 bits per heavy atom. The van der Waals surface area contributed by atoms with Crippen molar-refractivity contribution in [1.29, 1.82) is 0 Å². The molecule has 0 unspecified atom stereocenters. The molecular weight excluding hydrogens is 225 g/mol. The summed E-state index contributed by atoms with van der Waals surface area (Å²) in [6.07, 6.45) is 1.34. The minimum Gasteiger partial charge on any atom is -0.364 e. The molecule has 0 aliphatic carbocycles. The minimum absolute atomic E-state index is 0.216. The third-order valence-corrected chi connectivity index (χ3v) is 2.23. The van der Waals surface area contributed by atoms with Crippen LogP contribution in [0.15, 0.2) is 35.3 Å². The van der Waals surface area contributed by atoms with Crippen molar-refractivity contribution >= 4 is 5.91 Å². The van der Waals surface area contributed by atoms with Gasteiger partial charge in [-0.3, -0.25) is 14.7 Å². The molecule has 0 spiro atoms. The van der Waals surface area contributed by atoms with Crippen molar-refractivity contribution in [3.05, 3.63) is 52.2 Å². The summed E-state index contributed by atoms with van der Waals surface area (Å²) < 4.78 is 12.7. The van der Waals surface area contributed by atoms with Gasteiger partial charge in [0.1, 0.15) is 5.82 Å². The molecule has 1 amide bonds. The molecule has 0 bridgehead atoms. The van der Waals surface area contributed by atoms with Crippen LogP contribution in [0.25, 0.3) is 11.1 Å². The third kappa shape index (κ3) is 2.05. The number of hydrogen-bond donors (Lipinski definition) is 2. The number of nitrogens with zero attached hydrogens (tertiary/aromatic N) is 1. The van der Waals surface area contributed by atoms with Crippen molar-refractivity contribution in [2.45, 2.75) is 0 Å². The molecule has 1 heterocycles. The molecule has 86 valence electrons. The van der Waals surface area contributed by atoms with E-state index in [0.717, 1.165) is 0 Å². The van der Waals surface area contributed by atoms with E-state index in [1.807, 2.05) is 0 Å². The van der Waals surface area contributed by atoms with Crippen LogP contribution in [-0.4, -0.2) is 16.1 Å². The molecule has 6 heteroatoms. The lowest BCUT2D eigenvalue weighted by atomic mass is 10.1. The highest BCUT2D eigenvalue weighted by Gasteiger charge is 2.13. The number of hydrogen-bond acceptors (Lipinski definition) is 3. The van der Waals surface area contributed by atoms with Gasteiger partial charge in [0.15, 0.2) is 5.69 Å². The summed E-state index contributed by atoms with van der Waals surface area (Å²) in [5.41, 5.74) is 4.76. The fourth-order valence-corrected chi connectivity index (χ4v) is 1.42. The van der Waals surface area contributed by atoms with Gasteiger partial charge in [0.05, 0.1) is 0 Å². The van der Waals surface area contributed by atoms with Crippen LogP contribution in [0.5, 0.6) is 0 Å². The van der Waals surface area contributed by atoms with E-state index in [0.29, 0.717) is 5.56 Å². The first-order chi connectivity index (χ1) is 8.09. The van der Waals surface area contributed by atoms with Gasteiger partial charge in [0, 0.05) is 11.8 Å². The smallest absolute Gasteiger partial charge is 0.273 e. The summed E-state index contributed by atoms with van der Waals surface area (Å²) in [5.74, 6) is -1.32. The normalized spacial score (nSPS) is 10.2. The van der Waals surface area contributed by atoms with E-state index in [2.05, 4.69) is 10.2 Å². The summed E-state index contributed by atoms with van der Waals surface area (Å²) >= 11 is 0. The Balaban J connectivity index is 2.61. The Hall–Kier alpha value is -2.50. The van der Waals surface area contributed by atoms with Crippen LogP contribution in [0.1, 0.15) is 10.5 Å². The molecule has 0 atom stereocenters. The predicted molar refractivity (Wildman–Crippen MR) is 58.8 cm³/mol. The largest absolute Gasteiger partial charge is 0.364 e. The van der Waals surface area contributed by atoms with Gasteiger partial charge in [-0.2, -0.15) is 5.10 Å². The van der Waals surface area contributed by atoms with E-state index in [9.17, 15) is 14.0 Å². The molecule has 2 rings (SSSR count). The quantitative estimate of drug-likeness (QED) is 0.799. The Morgan fingerprint density at radius 1 is 1.29 bits per heavy atom. The second-order valence-corrected chi connectivity index (χ2v) is 3.35. The average molecular weight is 233 g/mol. The fourth-order valence-electron chi connectivity index (χ4n) is 1.42. The Morgan fingerprint density at radius 3 is 2.53 bits per heavy atom. The van der Waals surface area contributed by atoms with Gasteiger partial charge in [0.25, 0.3) is 5.91 Å². The van der Waals surface area contributed by atoms with E-state index in [1.54, 1.807) is 0 Å². The van der Waals surface area contributed by atoms with Crippen molar-refractivity contribution in [2.75, 3.05) is 0 Å². The van der Waals surface area contributed by atoms with E-state index in [1.165, 1.54) is 30.5 Å². The van der Waals surface area contributed by atoms with E-state index >= 15 is 0 Å². The zero-order valence-electron chi connectivity index (χ0n) is 8.61. The van der Waals surface area contributed by atoms with Gasteiger partial charge in [-0.25, -0.2) is 4.39 Å². The van der Waals surface area contributed by atoms with Gasteiger partial charge < -0.3 is 5.73 Å². The number of halogens is 1. The lowest BCUT2D eigenvalue weighted by Gasteiger charge is -2.01. The summed E-state index contributed by atoms with van der Waals surface area (Å²) in [6, 6.07) is 5.31. The highest BCUT2D eigenvalue weighted by Crippen LogP contribution is 2.14. The third-order valence-electron chi connectivity index (χ3n) is 2.23. The standard InChI is InChI=1S/C11H8FN3O2/c12-7-3-1-6(2-4-7)8-5-14-15-9(10(8)16)11(13)17/h1-5H,(H2,13,17)(H,14,16). The summed E-state index contributed by atoms with van der Waals surface area (Å²) in [6.45, 7) is 0. The second kappa shape index (κ2) is 4.17. The molecule has 0 saturated heterocycles. The first kappa shape index (κ1) is 11.0. The highest BCUT2D eigenvalue weighted by molar-refractivity contribution is 5.91. The number of carbonyl (C=O) groups is 1. The van der Waals surface area contributed by atoms with Crippen molar-refractivity contribution in [2.24, 2.45) is 5.73 Å². The molecule has 0 aliphatic rings. The number of amides is 1. The molecule has 2 aromatic rings. The topological polar surface area (TPSA) is 88.8 Å². The number of aromatic amines is 1. The van der Waals surface area contributed by atoms with E-state index in [4.69, 9.17) is 5.73 Å². The first-order valence-corrected chi connectivity index (χ1v) is 4.73. The number of H-pyrrole nitrogens is 1. The van der Waals surface area contributed by atoms with Crippen molar-refractivity contribution in [3.8, 4) is 11.1 Å². The van der Waals surface area contributed by atoms with Crippen LogP contribution in [-0.2, 0) is 0 Å². The molecule has 5 nitrogen and oxygen atoms in total. The average Bonchev–Trinajstić information content (AvgIpc) is 2.30. The lowest BCUT2D eigenvalue weighted by molar-refractivity contribution is 0.0993. The first-order valence-electron chi connectivity index (χ1n) is 4.73. The summed E-state index contributed by atoms with van der Waals surface area (Å²) in [4.78, 5) is 22.8. The van der Waals surface area contributed by atoms with Gasteiger partial charge in [-0.05, 0) is 17.7 Å². The van der Waals surface area contributed by atoms with Crippen LogP contribution in [0.2, 0.25) is 0 Å². The number of carbonyl (C=O) groups excluding carboxylic acids is 1. The maximum absolute atomic E-state index is 12.7. The van der Waals surface area contributed by atoms with Crippen LogP contribution >= 0.6 is 0 Å². The maximum Gasteiger partial charge on any atom is 0.273 e. The van der Waals surface area contributed by atoms with Gasteiger partial charge >= 0.3 is 0 Å². The summed E-state index contributed by atoms with van der Waals surface area (Å²) in [5, 5.41) is 5.92. The Bertz CT molecular complexity index is 619. The van der Waals surface area contributed by atoms with E-state index < -0.39 is 17.2 Å². The fraction of sp³-hybridized carbons (Fsp3) is 0. The van der Waals surface area contributed by atoms with Gasteiger partial charge in [-0.1, -0.05) is 12.1 Å². The molecule has 3 N–H and O–H groups in total. The molecule has 1 aromatic carbocycles. The van der Waals surface area contributed by atoms with Gasteiger partial charge in [0.2, 0.25) is 5.43 Å². The predicted octanol–water partition coefficient (Wildman–Crippen LogP) is 0.675. The number of primary amides is 1. The van der Waals surface area contributed by atoms with Crippen LogP contribution in [0.3, 0.4) is 0 Å². The molecule has 17 heavy (non-hydrogen) atoms. The van der Waals surface area contributed by atoms with Crippen LogP contribution in [0.4, 0.5) is 4.39 Å². The maximum atomic E-state index is 12.7. The zero-order chi connectivity index (χ0) is 12.4. The van der Waals surface area contributed by atoms with Crippen molar-refractivity contribution < 1.29 is 9.18 Å². The number of aromatic nitrogens is 2. The lowest BCUT2D eigenvalue weighted by Crippen LogP contribution is -2.25.